The van der Waals surface area contributed by atoms with E-state index in [9.17, 15) is 4.39 Å². The average molecular weight is 154 g/mol. The molecule has 3 nitrogen and oxygen atoms in total. The number of hydrogen-bond acceptors (Lipinski definition) is 2. The Balaban J connectivity index is 2.20. The zero-order valence-electron chi connectivity index (χ0n) is 6.24. The SMILES string of the molecule is Cn1cnnc1C(F)C1[CH]C1. The summed E-state index contributed by atoms with van der Waals surface area (Å²) >= 11 is 0. The van der Waals surface area contributed by atoms with Crippen molar-refractivity contribution in [3.05, 3.63) is 18.6 Å². The highest BCUT2D eigenvalue weighted by molar-refractivity contribution is 5.06. The van der Waals surface area contributed by atoms with Crippen molar-refractivity contribution in [2.75, 3.05) is 0 Å². The zero-order chi connectivity index (χ0) is 7.84. The molecule has 2 unspecified atom stereocenters. The molecule has 1 saturated carbocycles. The van der Waals surface area contributed by atoms with E-state index >= 15 is 0 Å². The molecule has 0 saturated heterocycles. The van der Waals surface area contributed by atoms with Gasteiger partial charge in [-0.05, 0) is 12.8 Å². The highest BCUT2D eigenvalue weighted by Gasteiger charge is 2.35. The number of halogens is 1. The summed E-state index contributed by atoms with van der Waals surface area (Å²) < 4.78 is 14.9. The van der Waals surface area contributed by atoms with E-state index in [0.29, 0.717) is 5.82 Å². The maximum Gasteiger partial charge on any atom is 0.167 e. The van der Waals surface area contributed by atoms with Gasteiger partial charge in [0.25, 0.3) is 0 Å². The minimum Gasteiger partial charge on any atom is -0.318 e. The van der Waals surface area contributed by atoms with E-state index in [0.717, 1.165) is 6.42 Å². The molecule has 0 N–H and O–H groups in total. The van der Waals surface area contributed by atoms with Gasteiger partial charge in [-0.25, -0.2) is 4.39 Å². The van der Waals surface area contributed by atoms with Gasteiger partial charge in [-0.2, -0.15) is 0 Å². The minimum absolute atomic E-state index is 0.0814. The van der Waals surface area contributed by atoms with E-state index in [4.69, 9.17) is 0 Å². The molecule has 4 heteroatoms. The lowest BCUT2D eigenvalue weighted by Crippen LogP contribution is -2.02. The van der Waals surface area contributed by atoms with Crippen molar-refractivity contribution in [2.45, 2.75) is 12.6 Å². The summed E-state index contributed by atoms with van der Waals surface area (Å²) in [6.45, 7) is 0. The first-order valence-corrected chi connectivity index (χ1v) is 3.60. The Morgan fingerprint density at radius 3 is 3.00 bits per heavy atom. The molecule has 11 heavy (non-hydrogen) atoms. The van der Waals surface area contributed by atoms with Gasteiger partial charge in [0.15, 0.2) is 12.0 Å². The van der Waals surface area contributed by atoms with Crippen LogP contribution in [0.2, 0.25) is 0 Å². The van der Waals surface area contributed by atoms with Gasteiger partial charge in [-0.15, -0.1) is 10.2 Å². The Hall–Kier alpha value is -0.930. The molecule has 1 radical (unpaired) electrons. The van der Waals surface area contributed by atoms with Crippen LogP contribution in [0, 0.1) is 12.3 Å². The summed E-state index contributed by atoms with van der Waals surface area (Å²) in [6.07, 6.45) is 3.38. The number of rotatable bonds is 2. The number of hydrogen-bond donors (Lipinski definition) is 0. The van der Waals surface area contributed by atoms with E-state index in [1.165, 1.54) is 6.33 Å². The number of nitrogens with zero attached hydrogens (tertiary/aromatic N) is 3. The molecule has 1 fully saturated rings. The summed E-state index contributed by atoms with van der Waals surface area (Å²) in [7, 11) is 1.75. The molecule has 2 atom stereocenters. The van der Waals surface area contributed by atoms with Crippen molar-refractivity contribution < 1.29 is 4.39 Å². The summed E-state index contributed by atoms with van der Waals surface area (Å²) in [5.74, 6) is 0.515. The van der Waals surface area contributed by atoms with E-state index in [1.807, 2.05) is 6.42 Å². The normalized spacial score (nSPS) is 20.2. The minimum atomic E-state index is -0.956. The Kier molecular flexibility index (Phi) is 1.41. The van der Waals surface area contributed by atoms with Crippen molar-refractivity contribution >= 4 is 0 Å². The Morgan fingerprint density at radius 2 is 2.55 bits per heavy atom. The Labute approximate surface area is 64.2 Å². The van der Waals surface area contributed by atoms with Crippen molar-refractivity contribution in [2.24, 2.45) is 13.0 Å². The van der Waals surface area contributed by atoms with Gasteiger partial charge < -0.3 is 4.57 Å². The van der Waals surface area contributed by atoms with Crippen LogP contribution in [-0.4, -0.2) is 14.8 Å². The second kappa shape index (κ2) is 2.29. The van der Waals surface area contributed by atoms with Gasteiger partial charge in [-0.1, -0.05) is 0 Å². The largest absolute Gasteiger partial charge is 0.318 e. The predicted octanol–water partition coefficient (Wildman–Crippen LogP) is 1.05. The van der Waals surface area contributed by atoms with Crippen molar-refractivity contribution in [3.63, 3.8) is 0 Å². The van der Waals surface area contributed by atoms with Crippen LogP contribution in [-0.2, 0) is 7.05 Å². The van der Waals surface area contributed by atoms with Gasteiger partial charge in [0.05, 0.1) is 0 Å². The van der Waals surface area contributed by atoms with Crippen LogP contribution < -0.4 is 0 Å². The monoisotopic (exact) mass is 154 g/mol. The molecule has 0 spiro atoms. The molecule has 59 valence electrons. The first-order chi connectivity index (χ1) is 5.29. The predicted molar refractivity (Wildman–Crippen MR) is 37.3 cm³/mol. The van der Waals surface area contributed by atoms with Crippen LogP contribution in [0.3, 0.4) is 0 Å². The first-order valence-electron chi connectivity index (χ1n) is 3.60. The Bertz CT molecular complexity index is 254. The van der Waals surface area contributed by atoms with Gasteiger partial charge in [0, 0.05) is 13.0 Å². The van der Waals surface area contributed by atoms with Crippen LogP contribution in [0.1, 0.15) is 18.4 Å². The number of alkyl halides is 1. The van der Waals surface area contributed by atoms with Crippen LogP contribution in [0.4, 0.5) is 4.39 Å². The number of aryl methyl sites for hydroxylation is 1. The molecule has 0 bridgehead atoms. The fourth-order valence-electron chi connectivity index (χ4n) is 1.05. The third kappa shape index (κ3) is 1.13. The van der Waals surface area contributed by atoms with Gasteiger partial charge in [-0.3, -0.25) is 0 Å². The standard InChI is InChI=1S/C7H9FN3/c1-11-4-9-10-7(11)6(8)5-2-3-5/h2,4-6H,3H2,1H3. The second-order valence-corrected chi connectivity index (χ2v) is 2.84. The molecule has 1 aliphatic carbocycles. The van der Waals surface area contributed by atoms with Crippen LogP contribution in [0.15, 0.2) is 6.33 Å². The molecular formula is C7H9FN3. The lowest BCUT2D eigenvalue weighted by molar-refractivity contribution is 0.290. The molecule has 1 aliphatic rings. The topological polar surface area (TPSA) is 30.7 Å². The first kappa shape index (κ1) is 6.76. The molecule has 1 aromatic rings. The highest BCUT2D eigenvalue weighted by atomic mass is 19.1. The van der Waals surface area contributed by atoms with Crippen LogP contribution in [0.25, 0.3) is 0 Å². The van der Waals surface area contributed by atoms with Gasteiger partial charge in [0.2, 0.25) is 0 Å². The Morgan fingerprint density at radius 1 is 1.82 bits per heavy atom. The molecule has 0 aliphatic heterocycles. The lowest BCUT2D eigenvalue weighted by Gasteiger charge is -2.03. The maximum absolute atomic E-state index is 13.3. The quantitative estimate of drug-likeness (QED) is 0.637. The zero-order valence-corrected chi connectivity index (χ0v) is 6.24. The van der Waals surface area contributed by atoms with Crippen molar-refractivity contribution in [1.29, 1.82) is 0 Å². The van der Waals surface area contributed by atoms with Crippen LogP contribution in [0.5, 0.6) is 0 Å². The lowest BCUT2D eigenvalue weighted by atomic mass is 10.2. The van der Waals surface area contributed by atoms with E-state index in [1.54, 1.807) is 11.6 Å². The van der Waals surface area contributed by atoms with E-state index in [-0.39, 0.29) is 5.92 Å². The molecule has 1 aromatic heterocycles. The van der Waals surface area contributed by atoms with E-state index in [2.05, 4.69) is 10.2 Å². The van der Waals surface area contributed by atoms with Gasteiger partial charge >= 0.3 is 0 Å². The molecule has 0 amide bonds. The van der Waals surface area contributed by atoms with Crippen molar-refractivity contribution in [1.82, 2.24) is 14.8 Å². The fourth-order valence-corrected chi connectivity index (χ4v) is 1.05. The highest BCUT2D eigenvalue weighted by Crippen LogP contribution is 2.41. The third-order valence-corrected chi connectivity index (χ3v) is 1.88. The fraction of sp³-hybridized carbons (Fsp3) is 0.571. The molecule has 0 aromatic carbocycles. The molecular weight excluding hydrogens is 145 g/mol. The smallest absolute Gasteiger partial charge is 0.167 e. The van der Waals surface area contributed by atoms with Gasteiger partial charge in [0.1, 0.15) is 6.33 Å². The average Bonchev–Trinajstić information content (AvgIpc) is 2.74. The summed E-state index contributed by atoms with van der Waals surface area (Å²) in [5.41, 5.74) is 0. The molecule has 1 heterocycles. The van der Waals surface area contributed by atoms with Crippen LogP contribution >= 0.6 is 0 Å². The third-order valence-electron chi connectivity index (χ3n) is 1.88. The maximum atomic E-state index is 13.3. The summed E-state index contributed by atoms with van der Waals surface area (Å²) in [6, 6.07) is 0. The second-order valence-electron chi connectivity index (χ2n) is 2.84. The summed E-state index contributed by atoms with van der Waals surface area (Å²) in [4.78, 5) is 0. The van der Waals surface area contributed by atoms with E-state index < -0.39 is 6.17 Å². The summed E-state index contributed by atoms with van der Waals surface area (Å²) in [5, 5.41) is 7.31. The number of aromatic nitrogens is 3. The van der Waals surface area contributed by atoms with Crippen molar-refractivity contribution in [3.8, 4) is 0 Å². The molecule has 2 rings (SSSR count).